The monoisotopic (exact) mass is 664 g/mol. The van der Waals surface area contributed by atoms with Gasteiger partial charge in [0.05, 0.1) is 25.9 Å². The molecule has 2 unspecified atom stereocenters. The van der Waals surface area contributed by atoms with Crippen LogP contribution in [-0.2, 0) is 58.8 Å². The third kappa shape index (κ3) is 16.4. The molecule has 0 saturated heterocycles. The molecule has 2 atom stereocenters. The number of rotatable bonds is 31. The van der Waals surface area contributed by atoms with Crippen LogP contribution in [0.4, 0.5) is 0 Å². The largest absolute Gasteiger partial charge is 0.500 e. The van der Waals surface area contributed by atoms with Gasteiger partial charge in [0.15, 0.2) is 0 Å². The molecule has 0 aliphatic carbocycles. The van der Waals surface area contributed by atoms with Crippen molar-refractivity contribution in [1.82, 2.24) is 0 Å². The van der Waals surface area contributed by atoms with E-state index in [1.54, 1.807) is 64.0 Å². The average Bonchev–Trinajstić information content (AvgIpc) is 3.03. The van der Waals surface area contributed by atoms with Gasteiger partial charge in [0.25, 0.3) is 0 Å². The molecule has 0 bridgehead atoms. The summed E-state index contributed by atoms with van der Waals surface area (Å²) in [6.07, 6.45) is 3.85. The van der Waals surface area contributed by atoms with Gasteiger partial charge in [-0.15, -0.1) is 0 Å². The predicted octanol–water partition coefficient (Wildman–Crippen LogP) is 3.39. The molecule has 0 aromatic heterocycles. The Morgan fingerprint density at radius 2 is 0.762 bits per heavy atom. The molecule has 13 nitrogen and oxygen atoms in total. The second kappa shape index (κ2) is 25.3. The summed E-state index contributed by atoms with van der Waals surface area (Å²) >= 11 is 0. The molecule has 42 heavy (non-hydrogen) atoms. The highest BCUT2D eigenvalue weighted by Crippen LogP contribution is 2.18. The molecule has 0 radical (unpaired) electrons. The van der Waals surface area contributed by atoms with Gasteiger partial charge < -0.3 is 58.8 Å². The molecule has 0 N–H and O–H groups in total. The van der Waals surface area contributed by atoms with Crippen LogP contribution in [0.25, 0.3) is 0 Å². The molecule has 0 heterocycles. The summed E-state index contributed by atoms with van der Waals surface area (Å²) in [5.41, 5.74) is 0. The maximum Gasteiger partial charge on any atom is 0.500 e. The summed E-state index contributed by atoms with van der Waals surface area (Å²) in [6, 6.07) is 2.00. The Hall–Kier alpha value is 0.131. The van der Waals surface area contributed by atoms with Gasteiger partial charge in [0.2, 0.25) is 0 Å². The molecule has 0 aliphatic heterocycles. The van der Waals surface area contributed by atoms with E-state index in [0.29, 0.717) is 57.8 Å². The highest BCUT2D eigenvalue weighted by Gasteiger charge is 2.38. The quantitative estimate of drug-likeness (QED) is 0.0796. The fourth-order valence-corrected chi connectivity index (χ4v) is 9.43. The van der Waals surface area contributed by atoms with Crippen LogP contribution >= 0.6 is 0 Å². The molecule has 0 aromatic rings. The van der Waals surface area contributed by atoms with Gasteiger partial charge in [-0.3, -0.25) is 0 Å². The normalized spacial score (nSPS) is 14.4. The lowest BCUT2D eigenvalue weighted by Crippen LogP contribution is -2.43. The van der Waals surface area contributed by atoms with Crippen LogP contribution in [0.5, 0.6) is 0 Å². The maximum atomic E-state index is 6.16. The zero-order chi connectivity index (χ0) is 31.7. The molecule has 16 heteroatoms. The SMILES string of the molecule is CCCC(COCC(COCCC[Si](OC)(OC)OC)OCCC[Si](OC)(OC)OC)OCCC[Si](OC)(OC)OC. The average molecular weight is 665 g/mol. The van der Waals surface area contributed by atoms with E-state index >= 15 is 0 Å². The minimum atomic E-state index is -2.65. The maximum absolute atomic E-state index is 6.16. The van der Waals surface area contributed by atoms with Gasteiger partial charge in [-0.2, -0.15) is 0 Å². The standard InChI is InChI=1S/C26H60O13Si3/c1-11-15-25(38-17-13-20-41(30-5,31-6)32-7)22-37-24-26(39-18-14-21-42(33-8,34-9)35-10)23-36-16-12-19-40(27-2,28-3)29-4/h25-26H,11-24H2,1-10H3. The van der Waals surface area contributed by atoms with Crippen molar-refractivity contribution in [1.29, 1.82) is 0 Å². The second-order valence-corrected chi connectivity index (χ2v) is 18.9. The van der Waals surface area contributed by atoms with E-state index in [1.165, 1.54) is 0 Å². The van der Waals surface area contributed by atoms with Crippen molar-refractivity contribution < 1.29 is 58.8 Å². The van der Waals surface area contributed by atoms with E-state index in [2.05, 4.69) is 6.92 Å². The highest BCUT2D eigenvalue weighted by atomic mass is 28.4. The lowest BCUT2D eigenvalue weighted by molar-refractivity contribution is -0.0825. The van der Waals surface area contributed by atoms with E-state index in [1.807, 2.05) is 0 Å². The van der Waals surface area contributed by atoms with Gasteiger partial charge in [0, 0.05) is 102 Å². The molecule has 0 amide bonds. The minimum Gasteiger partial charge on any atom is -0.379 e. The first kappa shape index (κ1) is 42.1. The van der Waals surface area contributed by atoms with Crippen molar-refractivity contribution >= 4 is 26.4 Å². The summed E-state index contributed by atoms with van der Waals surface area (Å²) in [6.45, 7) is 4.95. The van der Waals surface area contributed by atoms with E-state index in [-0.39, 0.29) is 12.2 Å². The summed E-state index contributed by atoms with van der Waals surface area (Å²) in [5.74, 6) is 0. The van der Waals surface area contributed by atoms with E-state index in [0.717, 1.165) is 32.1 Å². The van der Waals surface area contributed by atoms with E-state index in [4.69, 9.17) is 58.8 Å². The molecule has 0 aromatic carbocycles. The summed E-state index contributed by atoms with van der Waals surface area (Å²) in [4.78, 5) is 0. The van der Waals surface area contributed by atoms with Crippen LogP contribution < -0.4 is 0 Å². The fraction of sp³-hybridized carbons (Fsp3) is 1.00. The minimum absolute atomic E-state index is 0.0211. The Morgan fingerprint density at radius 1 is 0.429 bits per heavy atom. The summed E-state index contributed by atoms with van der Waals surface area (Å²) < 4.78 is 73.8. The highest BCUT2D eigenvalue weighted by molar-refractivity contribution is 6.61. The first-order chi connectivity index (χ1) is 20.3. The lowest BCUT2D eigenvalue weighted by atomic mass is 10.2. The van der Waals surface area contributed by atoms with Crippen LogP contribution in [0, 0.1) is 0 Å². The molecule has 254 valence electrons. The second-order valence-electron chi connectivity index (χ2n) is 9.58. The lowest BCUT2D eigenvalue weighted by Gasteiger charge is -2.26. The number of hydrogen-bond acceptors (Lipinski definition) is 13. The fourth-order valence-electron chi connectivity index (χ4n) is 4.36. The van der Waals surface area contributed by atoms with Gasteiger partial charge in [-0.05, 0) is 25.7 Å². The van der Waals surface area contributed by atoms with Crippen molar-refractivity contribution in [2.75, 3.05) is 104 Å². The van der Waals surface area contributed by atoms with Crippen LogP contribution in [0.1, 0.15) is 39.0 Å². The van der Waals surface area contributed by atoms with Crippen molar-refractivity contribution in [3.8, 4) is 0 Å². The van der Waals surface area contributed by atoms with Crippen LogP contribution in [-0.4, -0.2) is 142 Å². The Bertz CT molecular complexity index is 587. The Kier molecular flexibility index (Phi) is 25.4. The van der Waals surface area contributed by atoms with Crippen molar-refractivity contribution in [2.45, 2.75) is 69.4 Å². The topological polar surface area (TPSA) is 120 Å². The van der Waals surface area contributed by atoms with Gasteiger partial charge in [-0.1, -0.05) is 13.3 Å². The first-order valence-electron chi connectivity index (χ1n) is 14.6. The summed E-state index contributed by atoms with van der Waals surface area (Å²) in [7, 11) is 6.64. The third-order valence-corrected chi connectivity index (χ3v) is 15.6. The predicted molar refractivity (Wildman–Crippen MR) is 165 cm³/mol. The van der Waals surface area contributed by atoms with Crippen LogP contribution in [0.3, 0.4) is 0 Å². The van der Waals surface area contributed by atoms with E-state index in [9.17, 15) is 0 Å². The Labute approximate surface area is 258 Å². The zero-order valence-corrected chi connectivity index (χ0v) is 30.9. The Balaban J connectivity index is 4.86. The zero-order valence-electron chi connectivity index (χ0n) is 27.9. The molecule has 0 rings (SSSR count). The smallest absolute Gasteiger partial charge is 0.379 e. The van der Waals surface area contributed by atoms with Crippen molar-refractivity contribution in [2.24, 2.45) is 0 Å². The summed E-state index contributed by atoms with van der Waals surface area (Å²) in [5, 5.41) is 0. The Morgan fingerprint density at radius 3 is 1.14 bits per heavy atom. The van der Waals surface area contributed by atoms with Crippen LogP contribution in [0.2, 0.25) is 18.1 Å². The van der Waals surface area contributed by atoms with Gasteiger partial charge in [0.1, 0.15) is 6.10 Å². The van der Waals surface area contributed by atoms with E-state index < -0.39 is 26.4 Å². The number of hydrogen-bond donors (Lipinski definition) is 0. The van der Waals surface area contributed by atoms with Crippen LogP contribution in [0.15, 0.2) is 0 Å². The third-order valence-electron chi connectivity index (χ3n) is 7.05. The number of ether oxygens (including phenoxy) is 4. The van der Waals surface area contributed by atoms with Crippen molar-refractivity contribution in [3.05, 3.63) is 0 Å². The van der Waals surface area contributed by atoms with Gasteiger partial charge in [-0.25, -0.2) is 0 Å². The molecular formula is C26H60O13Si3. The molecule has 0 saturated carbocycles. The van der Waals surface area contributed by atoms with Crippen molar-refractivity contribution in [3.63, 3.8) is 0 Å². The molecular weight excluding hydrogens is 605 g/mol. The molecule has 0 fully saturated rings. The molecule has 0 spiro atoms. The molecule has 0 aliphatic rings. The van der Waals surface area contributed by atoms with Gasteiger partial charge >= 0.3 is 26.4 Å². The first-order valence-corrected chi connectivity index (χ1v) is 20.4.